The van der Waals surface area contributed by atoms with E-state index in [2.05, 4.69) is 5.43 Å². The van der Waals surface area contributed by atoms with Crippen molar-refractivity contribution in [1.29, 1.82) is 0 Å². The van der Waals surface area contributed by atoms with E-state index in [1.807, 2.05) is 87.7 Å². The molecule has 8 heteroatoms. The van der Waals surface area contributed by atoms with E-state index in [1.54, 1.807) is 5.48 Å². The molecule has 0 aliphatic heterocycles. The summed E-state index contributed by atoms with van der Waals surface area (Å²) < 4.78 is 0. The topological polar surface area (TPSA) is 98.7 Å². The number of carbonyl (C=O) groups excluding carboxylic acids is 3. The van der Waals surface area contributed by atoms with Crippen molar-refractivity contribution in [2.45, 2.75) is 47.0 Å². The van der Waals surface area contributed by atoms with Crippen molar-refractivity contribution in [2.24, 2.45) is 23.7 Å². The zero-order valence-corrected chi connectivity index (χ0v) is 21.8. The van der Waals surface area contributed by atoms with Crippen LogP contribution in [0.15, 0.2) is 53.9 Å². The van der Waals surface area contributed by atoms with Crippen molar-refractivity contribution in [1.82, 2.24) is 15.9 Å². The van der Waals surface area contributed by atoms with Gasteiger partial charge >= 0.3 is 0 Å². The molecule has 0 bridgehead atoms. The lowest BCUT2D eigenvalue weighted by Gasteiger charge is -2.30. The van der Waals surface area contributed by atoms with E-state index in [9.17, 15) is 19.6 Å². The van der Waals surface area contributed by atoms with Crippen molar-refractivity contribution in [3.8, 4) is 0 Å². The Bertz CT molecular complexity index is 958. The minimum Gasteiger partial charge on any atom is -0.289 e. The van der Waals surface area contributed by atoms with Crippen LogP contribution in [0.2, 0.25) is 0 Å². The minimum atomic E-state index is -0.796. The fourth-order valence-electron chi connectivity index (χ4n) is 3.86. The summed E-state index contributed by atoms with van der Waals surface area (Å²) in [6.07, 6.45) is 4.61. The lowest BCUT2D eigenvalue weighted by Crippen LogP contribution is -2.52. The number of amides is 3. The van der Waals surface area contributed by atoms with Crippen LogP contribution in [0.3, 0.4) is 0 Å². The molecule has 0 aliphatic rings. The summed E-state index contributed by atoms with van der Waals surface area (Å²) in [4.78, 5) is 40.0. The van der Waals surface area contributed by atoms with E-state index in [1.165, 1.54) is 16.3 Å². The molecule has 0 aliphatic carbocycles. The van der Waals surface area contributed by atoms with Gasteiger partial charge in [-0.3, -0.25) is 30.0 Å². The molecule has 2 rings (SSSR count). The van der Waals surface area contributed by atoms with E-state index in [0.29, 0.717) is 13.0 Å². The van der Waals surface area contributed by atoms with Gasteiger partial charge in [0.2, 0.25) is 17.7 Å². The maximum absolute atomic E-state index is 13.5. The third-order valence-corrected chi connectivity index (χ3v) is 6.37. The highest BCUT2D eigenvalue weighted by atomic mass is 32.1. The van der Waals surface area contributed by atoms with Crippen LogP contribution in [0.4, 0.5) is 0 Å². The lowest BCUT2D eigenvalue weighted by atomic mass is 9.82. The molecule has 1 aromatic heterocycles. The SMILES string of the molecule is CC(C)C[C@@H](C(=O)NN(CC(C)C)C(=O)Cc1cccs1)[C@H](CC=Cc1ccccc1)C(=O)NO. The van der Waals surface area contributed by atoms with Gasteiger partial charge in [0.05, 0.1) is 18.3 Å². The van der Waals surface area contributed by atoms with Gasteiger partial charge in [0.15, 0.2) is 0 Å². The molecule has 1 aromatic carbocycles. The number of carbonyl (C=O) groups is 3. The van der Waals surface area contributed by atoms with Gasteiger partial charge in [0.25, 0.3) is 0 Å². The van der Waals surface area contributed by atoms with Crippen LogP contribution in [0.25, 0.3) is 6.08 Å². The summed E-state index contributed by atoms with van der Waals surface area (Å²) in [5.74, 6) is -2.49. The van der Waals surface area contributed by atoms with Crippen LogP contribution in [0.5, 0.6) is 0 Å². The molecule has 7 nitrogen and oxygen atoms in total. The van der Waals surface area contributed by atoms with Crippen LogP contribution in [0.1, 0.15) is 51.0 Å². The standard InChI is InChI=1S/C27H37N3O4S/c1-19(2)16-24(23(27(33)29-34)14-8-12-21-10-6-5-7-11-21)26(32)28-30(18-20(3)4)25(31)17-22-13-9-15-35-22/h5-13,15,19-20,23-24,34H,14,16-18H2,1-4H3,(H,28,32)(H,29,33)/t23-,24+/m0/s1. The lowest BCUT2D eigenvalue weighted by molar-refractivity contribution is -0.147. The second-order valence-electron chi connectivity index (χ2n) is 9.50. The summed E-state index contributed by atoms with van der Waals surface area (Å²) >= 11 is 1.49. The average Bonchev–Trinajstić information content (AvgIpc) is 3.33. The molecule has 0 saturated heterocycles. The van der Waals surface area contributed by atoms with Crippen LogP contribution in [-0.2, 0) is 20.8 Å². The second-order valence-corrected chi connectivity index (χ2v) is 10.5. The van der Waals surface area contributed by atoms with Crippen LogP contribution < -0.4 is 10.9 Å². The first kappa shape index (κ1) is 28.3. The number of hydroxylamine groups is 1. The Labute approximate surface area is 212 Å². The molecule has 3 N–H and O–H groups in total. The Morgan fingerprint density at radius 2 is 1.69 bits per heavy atom. The Morgan fingerprint density at radius 1 is 0.971 bits per heavy atom. The monoisotopic (exact) mass is 499 g/mol. The first-order chi connectivity index (χ1) is 16.7. The molecule has 35 heavy (non-hydrogen) atoms. The smallest absolute Gasteiger partial charge is 0.247 e. The van der Waals surface area contributed by atoms with Crippen molar-refractivity contribution >= 4 is 35.1 Å². The molecule has 2 atom stereocenters. The number of nitrogens with zero attached hydrogens (tertiary/aromatic N) is 1. The number of nitrogens with one attached hydrogen (secondary N) is 2. The predicted molar refractivity (Wildman–Crippen MR) is 139 cm³/mol. The van der Waals surface area contributed by atoms with Crippen LogP contribution in [0, 0.1) is 23.7 Å². The maximum atomic E-state index is 13.5. The molecule has 0 saturated carbocycles. The Balaban J connectivity index is 2.23. The molecule has 0 unspecified atom stereocenters. The third kappa shape index (κ3) is 9.66. The highest BCUT2D eigenvalue weighted by Crippen LogP contribution is 2.26. The van der Waals surface area contributed by atoms with Gasteiger partial charge in [0.1, 0.15) is 0 Å². The van der Waals surface area contributed by atoms with Gasteiger partial charge in [-0.2, -0.15) is 0 Å². The number of rotatable bonds is 12. The van der Waals surface area contributed by atoms with Crippen molar-refractivity contribution in [2.75, 3.05) is 6.54 Å². The highest BCUT2D eigenvalue weighted by Gasteiger charge is 2.35. The Hall–Kier alpha value is -2.97. The van der Waals surface area contributed by atoms with Crippen LogP contribution in [-0.4, -0.2) is 34.5 Å². The maximum Gasteiger partial charge on any atom is 0.247 e. The minimum absolute atomic E-state index is 0.123. The number of benzene rings is 1. The number of allylic oxidation sites excluding steroid dienone is 1. The largest absolute Gasteiger partial charge is 0.289 e. The van der Waals surface area contributed by atoms with Gasteiger partial charge in [-0.05, 0) is 41.7 Å². The third-order valence-electron chi connectivity index (χ3n) is 5.49. The number of hydrogen-bond donors (Lipinski definition) is 3. The van der Waals surface area contributed by atoms with E-state index >= 15 is 0 Å². The number of hydrazine groups is 1. The van der Waals surface area contributed by atoms with Crippen molar-refractivity contribution in [3.05, 3.63) is 64.4 Å². The number of hydrogen-bond acceptors (Lipinski definition) is 5. The molecule has 2 aromatic rings. The molecular weight excluding hydrogens is 462 g/mol. The highest BCUT2D eigenvalue weighted by molar-refractivity contribution is 7.10. The average molecular weight is 500 g/mol. The van der Waals surface area contributed by atoms with E-state index in [-0.39, 0.29) is 30.6 Å². The first-order valence-corrected chi connectivity index (χ1v) is 12.9. The summed E-state index contributed by atoms with van der Waals surface area (Å²) in [6.45, 7) is 8.25. The van der Waals surface area contributed by atoms with E-state index in [4.69, 9.17) is 0 Å². The second kappa shape index (κ2) is 14.4. The van der Waals surface area contributed by atoms with E-state index in [0.717, 1.165) is 10.4 Å². The number of thiophene rings is 1. The fraction of sp³-hybridized carbons (Fsp3) is 0.444. The van der Waals surface area contributed by atoms with Gasteiger partial charge < -0.3 is 0 Å². The summed E-state index contributed by atoms with van der Waals surface area (Å²) in [5, 5.41) is 12.7. The first-order valence-electron chi connectivity index (χ1n) is 12.0. The molecular formula is C27H37N3O4S. The molecule has 0 fully saturated rings. The van der Waals surface area contributed by atoms with Crippen molar-refractivity contribution < 1.29 is 19.6 Å². The molecule has 1 heterocycles. The molecule has 190 valence electrons. The van der Waals surface area contributed by atoms with Crippen LogP contribution >= 0.6 is 11.3 Å². The van der Waals surface area contributed by atoms with Crippen molar-refractivity contribution in [3.63, 3.8) is 0 Å². The fourth-order valence-corrected chi connectivity index (χ4v) is 4.56. The normalized spacial score (nSPS) is 13.1. The molecule has 0 radical (unpaired) electrons. The van der Waals surface area contributed by atoms with Gasteiger partial charge in [-0.25, -0.2) is 5.48 Å². The quantitative estimate of drug-likeness (QED) is 0.291. The van der Waals surface area contributed by atoms with Gasteiger partial charge in [-0.1, -0.05) is 76.2 Å². The van der Waals surface area contributed by atoms with E-state index < -0.39 is 23.7 Å². The summed E-state index contributed by atoms with van der Waals surface area (Å²) in [7, 11) is 0. The summed E-state index contributed by atoms with van der Waals surface area (Å²) in [5.41, 5.74) is 5.50. The molecule has 3 amide bonds. The predicted octanol–water partition coefficient (Wildman–Crippen LogP) is 4.69. The zero-order chi connectivity index (χ0) is 25.8. The Kier molecular flexibility index (Phi) is 11.7. The molecule has 0 spiro atoms. The zero-order valence-electron chi connectivity index (χ0n) is 20.9. The summed E-state index contributed by atoms with van der Waals surface area (Å²) in [6, 6.07) is 13.4. The van der Waals surface area contributed by atoms with Gasteiger partial charge in [-0.15, -0.1) is 11.3 Å². The Morgan fingerprint density at radius 3 is 2.26 bits per heavy atom. The van der Waals surface area contributed by atoms with Gasteiger partial charge in [0, 0.05) is 11.4 Å².